The van der Waals surface area contributed by atoms with Crippen LogP contribution in [0, 0.1) is 5.82 Å². The third kappa shape index (κ3) is 5.60. The molecule has 2 aliphatic rings. The van der Waals surface area contributed by atoms with E-state index >= 15 is 0 Å². The molecule has 1 atom stereocenters. The van der Waals surface area contributed by atoms with Gasteiger partial charge < -0.3 is 14.5 Å². The van der Waals surface area contributed by atoms with Gasteiger partial charge in [0.25, 0.3) is 5.91 Å². The van der Waals surface area contributed by atoms with Crippen LogP contribution in [0.15, 0.2) is 66.0 Å². The summed E-state index contributed by atoms with van der Waals surface area (Å²) in [6.07, 6.45) is 1.34. The molecule has 1 aromatic heterocycles. The number of nitrogens with zero attached hydrogens (tertiary/aromatic N) is 3. The van der Waals surface area contributed by atoms with Gasteiger partial charge in [-0.3, -0.25) is 14.5 Å². The molecule has 188 valence electrons. The van der Waals surface area contributed by atoms with Crippen LogP contribution < -0.4 is 4.74 Å². The van der Waals surface area contributed by atoms with Crippen molar-refractivity contribution in [3.8, 4) is 5.75 Å². The molecule has 0 spiro atoms. The van der Waals surface area contributed by atoms with Gasteiger partial charge in [0, 0.05) is 50.6 Å². The van der Waals surface area contributed by atoms with Gasteiger partial charge in [-0.25, -0.2) is 4.39 Å². The number of benzene rings is 2. The second-order valence-corrected chi connectivity index (χ2v) is 10.2. The highest BCUT2D eigenvalue weighted by atomic mass is 32.1. The monoisotopic (exact) mass is 507 g/mol. The maximum Gasteiger partial charge on any atom is 0.260 e. The minimum Gasteiger partial charge on any atom is -0.484 e. The Bertz CT molecular complexity index is 1190. The van der Waals surface area contributed by atoms with Gasteiger partial charge in [-0.05, 0) is 53.3 Å². The minimum atomic E-state index is -0.243. The summed E-state index contributed by atoms with van der Waals surface area (Å²) < 4.78 is 19.6. The average molecular weight is 508 g/mol. The first kappa shape index (κ1) is 24.5. The second kappa shape index (κ2) is 11.2. The summed E-state index contributed by atoms with van der Waals surface area (Å²) in [5.74, 6) is 0.455. The van der Waals surface area contributed by atoms with Crippen LogP contribution in [0.1, 0.15) is 28.5 Å². The lowest BCUT2D eigenvalue weighted by Gasteiger charge is -2.38. The maximum absolute atomic E-state index is 14.0. The summed E-state index contributed by atoms with van der Waals surface area (Å²) in [6, 6.07) is 18.2. The molecule has 2 amide bonds. The van der Waals surface area contributed by atoms with Crippen LogP contribution in [-0.4, -0.2) is 72.4 Å². The average Bonchev–Trinajstić information content (AvgIpc) is 3.39. The number of thiophene rings is 1. The topological polar surface area (TPSA) is 53.1 Å². The van der Waals surface area contributed by atoms with E-state index in [0.717, 1.165) is 18.5 Å². The van der Waals surface area contributed by atoms with Crippen LogP contribution in [0.3, 0.4) is 0 Å². The van der Waals surface area contributed by atoms with Crippen LogP contribution in [0.2, 0.25) is 0 Å². The van der Waals surface area contributed by atoms with Crippen molar-refractivity contribution in [3.05, 3.63) is 87.9 Å². The number of ether oxygens (including phenoxy) is 1. The quantitative estimate of drug-likeness (QED) is 0.486. The van der Waals surface area contributed by atoms with E-state index in [-0.39, 0.29) is 30.3 Å². The lowest BCUT2D eigenvalue weighted by Crippen LogP contribution is -2.52. The van der Waals surface area contributed by atoms with E-state index in [2.05, 4.69) is 16.3 Å². The zero-order valence-electron chi connectivity index (χ0n) is 20.1. The number of hydrogen-bond donors (Lipinski definition) is 0. The molecular formula is C28H30FN3O3S. The lowest BCUT2D eigenvalue weighted by atomic mass is 9.93. The number of carbonyl (C=O) groups is 2. The fourth-order valence-corrected chi connectivity index (χ4v) is 5.94. The molecule has 0 bridgehead atoms. The van der Waals surface area contributed by atoms with E-state index in [0.29, 0.717) is 44.9 Å². The Morgan fingerprint density at radius 3 is 2.42 bits per heavy atom. The van der Waals surface area contributed by atoms with Crippen LogP contribution >= 0.6 is 11.3 Å². The standard InChI is InChI=1S/C28H30FN3O3S/c29-22-6-4-5-21(19-22)28-24-11-18-36-25(24)9-12-32(28)13-10-26(33)30-14-16-31(17-15-30)27(34)20-35-23-7-2-1-3-8-23/h1-8,11,18-19,28H,9-10,12-17,20H2/t28-/m1/s1. The predicted octanol–water partition coefficient (Wildman–Crippen LogP) is 3.97. The molecule has 3 heterocycles. The molecule has 2 aliphatic heterocycles. The Morgan fingerprint density at radius 2 is 1.67 bits per heavy atom. The Kier molecular flexibility index (Phi) is 7.63. The number of carbonyl (C=O) groups excluding carboxylic acids is 2. The first-order valence-corrected chi connectivity index (χ1v) is 13.3. The van der Waals surface area contributed by atoms with Gasteiger partial charge in [0.2, 0.25) is 5.91 Å². The molecule has 0 saturated carbocycles. The fourth-order valence-electron chi connectivity index (χ4n) is 5.03. The van der Waals surface area contributed by atoms with Gasteiger partial charge in [-0.1, -0.05) is 30.3 Å². The summed E-state index contributed by atoms with van der Waals surface area (Å²) in [7, 11) is 0. The molecular weight excluding hydrogens is 477 g/mol. The van der Waals surface area contributed by atoms with Crippen molar-refractivity contribution in [2.24, 2.45) is 0 Å². The molecule has 36 heavy (non-hydrogen) atoms. The Morgan fingerprint density at radius 1 is 0.917 bits per heavy atom. The Hall–Kier alpha value is -3.23. The summed E-state index contributed by atoms with van der Waals surface area (Å²) in [4.78, 5) is 32.8. The summed E-state index contributed by atoms with van der Waals surface area (Å²) in [5, 5.41) is 2.09. The van der Waals surface area contributed by atoms with Crippen LogP contribution in [-0.2, 0) is 16.0 Å². The highest BCUT2D eigenvalue weighted by Gasteiger charge is 2.31. The first-order valence-electron chi connectivity index (χ1n) is 12.4. The lowest BCUT2D eigenvalue weighted by molar-refractivity contribution is -0.140. The van der Waals surface area contributed by atoms with Gasteiger partial charge in [0.15, 0.2) is 6.61 Å². The molecule has 1 fully saturated rings. The molecule has 0 radical (unpaired) electrons. The number of hydrogen-bond acceptors (Lipinski definition) is 5. The summed E-state index contributed by atoms with van der Waals surface area (Å²) in [5.41, 5.74) is 2.14. The molecule has 1 saturated heterocycles. The minimum absolute atomic E-state index is 0.00103. The van der Waals surface area contributed by atoms with Crippen LogP contribution in [0.5, 0.6) is 5.75 Å². The number of piperazine rings is 1. The molecule has 0 N–H and O–H groups in total. The molecule has 0 unspecified atom stereocenters. The van der Waals surface area contributed by atoms with Gasteiger partial charge in [-0.15, -0.1) is 11.3 Å². The van der Waals surface area contributed by atoms with E-state index in [1.54, 1.807) is 28.4 Å². The number of rotatable bonds is 7. The van der Waals surface area contributed by atoms with E-state index in [1.807, 2.05) is 41.3 Å². The number of halogens is 1. The predicted molar refractivity (Wildman–Crippen MR) is 138 cm³/mol. The van der Waals surface area contributed by atoms with Crippen molar-refractivity contribution in [1.29, 1.82) is 0 Å². The summed E-state index contributed by atoms with van der Waals surface area (Å²) in [6.45, 7) is 3.52. The zero-order chi connectivity index (χ0) is 24.9. The maximum atomic E-state index is 14.0. The third-order valence-corrected chi connectivity index (χ3v) is 7.93. The van der Waals surface area contributed by atoms with Crippen LogP contribution in [0.25, 0.3) is 0 Å². The van der Waals surface area contributed by atoms with Gasteiger partial charge in [0.05, 0.1) is 6.04 Å². The number of fused-ring (bicyclic) bond motifs is 1. The highest BCUT2D eigenvalue weighted by molar-refractivity contribution is 7.10. The van der Waals surface area contributed by atoms with Gasteiger partial charge in [-0.2, -0.15) is 0 Å². The zero-order valence-corrected chi connectivity index (χ0v) is 21.0. The smallest absolute Gasteiger partial charge is 0.260 e. The first-order chi connectivity index (χ1) is 17.6. The molecule has 3 aromatic rings. The summed E-state index contributed by atoms with van der Waals surface area (Å²) >= 11 is 1.75. The van der Waals surface area contributed by atoms with E-state index in [1.165, 1.54) is 16.5 Å². The SMILES string of the molecule is O=C(CCN1CCc2sccc2[C@H]1c1cccc(F)c1)N1CCN(C(=O)COc2ccccc2)CC1. The molecule has 0 aliphatic carbocycles. The fraction of sp³-hybridized carbons (Fsp3) is 0.357. The van der Waals surface area contributed by atoms with Crippen LogP contribution in [0.4, 0.5) is 4.39 Å². The second-order valence-electron chi connectivity index (χ2n) is 9.16. The number of amides is 2. The number of para-hydroxylation sites is 1. The van der Waals surface area contributed by atoms with E-state index in [9.17, 15) is 14.0 Å². The highest BCUT2D eigenvalue weighted by Crippen LogP contribution is 2.38. The van der Waals surface area contributed by atoms with Crippen molar-refractivity contribution in [3.63, 3.8) is 0 Å². The largest absolute Gasteiger partial charge is 0.484 e. The Labute approximate surface area is 214 Å². The normalized spacial score (nSPS) is 18.1. The van der Waals surface area contributed by atoms with Crippen molar-refractivity contribution in [2.75, 3.05) is 45.9 Å². The van der Waals surface area contributed by atoms with E-state index < -0.39 is 0 Å². The van der Waals surface area contributed by atoms with Crippen molar-refractivity contribution >= 4 is 23.2 Å². The molecule has 8 heteroatoms. The van der Waals surface area contributed by atoms with Crippen molar-refractivity contribution in [1.82, 2.24) is 14.7 Å². The van der Waals surface area contributed by atoms with E-state index in [4.69, 9.17) is 4.74 Å². The Balaban J connectivity index is 1.14. The molecule has 6 nitrogen and oxygen atoms in total. The third-order valence-electron chi connectivity index (χ3n) is 6.93. The molecule has 5 rings (SSSR count). The molecule has 2 aromatic carbocycles. The van der Waals surface area contributed by atoms with Gasteiger partial charge >= 0.3 is 0 Å². The van der Waals surface area contributed by atoms with Gasteiger partial charge in [0.1, 0.15) is 11.6 Å². The van der Waals surface area contributed by atoms with Crippen molar-refractivity contribution < 1.29 is 18.7 Å². The van der Waals surface area contributed by atoms with Crippen molar-refractivity contribution in [2.45, 2.75) is 18.9 Å².